The molecule has 0 spiro atoms. The fourth-order valence-electron chi connectivity index (χ4n) is 1.85. The van der Waals surface area contributed by atoms with Gasteiger partial charge in [-0.2, -0.15) is 0 Å². The first-order valence-electron chi connectivity index (χ1n) is 6.28. The van der Waals surface area contributed by atoms with E-state index in [4.69, 9.17) is 0 Å². The summed E-state index contributed by atoms with van der Waals surface area (Å²) in [7, 11) is 0. The second-order valence-electron chi connectivity index (χ2n) is 5.45. The highest BCUT2D eigenvalue weighted by molar-refractivity contribution is 5.75. The van der Waals surface area contributed by atoms with Crippen molar-refractivity contribution in [1.82, 2.24) is 0 Å². The smallest absolute Gasteiger partial charge is 0.312 e. The van der Waals surface area contributed by atoms with Crippen LogP contribution < -0.4 is 0 Å². The Morgan fingerprint density at radius 2 is 1.67 bits per heavy atom. The van der Waals surface area contributed by atoms with Crippen molar-refractivity contribution in [2.75, 3.05) is 0 Å². The fraction of sp³-hybridized carbons (Fsp3) is 0.533. The number of hydrogen-bond donors (Lipinski definition) is 2. The SMILES string of the molecule is CCCc1ccc(C(C)(O)C(C)(C)C(=O)O)cc1. The summed E-state index contributed by atoms with van der Waals surface area (Å²) in [4.78, 5) is 11.3. The molecule has 2 N–H and O–H groups in total. The molecule has 1 aromatic carbocycles. The summed E-state index contributed by atoms with van der Waals surface area (Å²) >= 11 is 0. The molecule has 0 fully saturated rings. The van der Waals surface area contributed by atoms with Gasteiger partial charge in [0.25, 0.3) is 0 Å². The van der Waals surface area contributed by atoms with Gasteiger partial charge in [-0.05, 0) is 38.3 Å². The Kier molecular flexibility index (Phi) is 4.17. The summed E-state index contributed by atoms with van der Waals surface area (Å²) in [5, 5.41) is 19.7. The molecular weight excluding hydrogens is 228 g/mol. The molecule has 0 bridgehead atoms. The van der Waals surface area contributed by atoms with E-state index in [-0.39, 0.29) is 0 Å². The minimum Gasteiger partial charge on any atom is -0.481 e. The highest BCUT2D eigenvalue weighted by Gasteiger charge is 2.46. The van der Waals surface area contributed by atoms with Gasteiger partial charge in [0.1, 0.15) is 5.60 Å². The Morgan fingerprint density at radius 3 is 2.06 bits per heavy atom. The molecular formula is C15H22O3. The van der Waals surface area contributed by atoms with E-state index in [1.54, 1.807) is 6.92 Å². The zero-order valence-electron chi connectivity index (χ0n) is 11.5. The van der Waals surface area contributed by atoms with Crippen LogP contribution in [0.5, 0.6) is 0 Å². The summed E-state index contributed by atoms with van der Waals surface area (Å²) in [6.45, 7) is 6.73. The van der Waals surface area contributed by atoms with Crippen LogP contribution in [0.2, 0.25) is 0 Å². The largest absolute Gasteiger partial charge is 0.481 e. The normalized spacial score (nSPS) is 15.2. The van der Waals surface area contributed by atoms with E-state index < -0.39 is 17.0 Å². The quantitative estimate of drug-likeness (QED) is 0.844. The maximum absolute atomic E-state index is 11.3. The van der Waals surface area contributed by atoms with E-state index in [2.05, 4.69) is 6.92 Å². The van der Waals surface area contributed by atoms with Crippen molar-refractivity contribution in [2.24, 2.45) is 5.41 Å². The molecule has 0 aliphatic carbocycles. The molecule has 0 heterocycles. The van der Waals surface area contributed by atoms with Crippen molar-refractivity contribution in [1.29, 1.82) is 0 Å². The van der Waals surface area contributed by atoms with Crippen LogP contribution in [-0.4, -0.2) is 16.2 Å². The number of aliphatic hydroxyl groups is 1. The van der Waals surface area contributed by atoms with Crippen LogP contribution in [0.1, 0.15) is 45.2 Å². The summed E-state index contributed by atoms with van der Waals surface area (Å²) in [6, 6.07) is 7.53. The second-order valence-corrected chi connectivity index (χ2v) is 5.45. The molecule has 0 radical (unpaired) electrons. The van der Waals surface area contributed by atoms with Crippen LogP contribution in [0.25, 0.3) is 0 Å². The first kappa shape index (κ1) is 14.7. The zero-order chi connectivity index (χ0) is 14.0. The lowest BCUT2D eigenvalue weighted by Gasteiger charge is -2.37. The van der Waals surface area contributed by atoms with Crippen LogP contribution in [0, 0.1) is 5.41 Å². The average molecular weight is 250 g/mol. The Bertz CT molecular complexity index is 416. The number of carboxylic acid groups (broad SMARTS) is 1. The molecule has 3 nitrogen and oxygen atoms in total. The van der Waals surface area contributed by atoms with Gasteiger partial charge in [-0.15, -0.1) is 0 Å². The fourth-order valence-corrected chi connectivity index (χ4v) is 1.85. The molecule has 0 aromatic heterocycles. The number of aryl methyl sites for hydroxylation is 1. The minimum absolute atomic E-state index is 0.634. The maximum atomic E-state index is 11.3. The molecule has 0 saturated carbocycles. The van der Waals surface area contributed by atoms with Crippen molar-refractivity contribution in [3.63, 3.8) is 0 Å². The van der Waals surface area contributed by atoms with Crippen molar-refractivity contribution < 1.29 is 15.0 Å². The van der Waals surface area contributed by atoms with E-state index in [1.165, 1.54) is 19.4 Å². The lowest BCUT2D eigenvalue weighted by Crippen LogP contribution is -2.44. The molecule has 0 aliphatic heterocycles. The number of rotatable bonds is 5. The van der Waals surface area contributed by atoms with Gasteiger partial charge >= 0.3 is 5.97 Å². The van der Waals surface area contributed by atoms with Crippen LogP contribution in [0.3, 0.4) is 0 Å². The van der Waals surface area contributed by atoms with Crippen molar-refractivity contribution in [3.8, 4) is 0 Å². The van der Waals surface area contributed by atoms with Gasteiger partial charge in [-0.3, -0.25) is 4.79 Å². The van der Waals surface area contributed by atoms with E-state index >= 15 is 0 Å². The summed E-state index contributed by atoms with van der Waals surface area (Å²) in [5.41, 5.74) is -0.803. The molecule has 3 heteroatoms. The van der Waals surface area contributed by atoms with Gasteiger partial charge in [-0.1, -0.05) is 37.6 Å². The monoisotopic (exact) mass is 250 g/mol. The summed E-state index contributed by atoms with van der Waals surface area (Å²) in [5.74, 6) is -1.01. The number of benzene rings is 1. The molecule has 1 rings (SSSR count). The van der Waals surface area contributed by atoms with Crippen molar-refractivity contribution in [2.45, 2.75) is 46.1 Å². The van der Waals surface area contributed by atoms with Crippen LogP contribution in [-0.2, 0) is 16.8 Å². The second kappa shape index (κ2) is 5.11. The average Bonchev–Trinajstić information content (AvgIpc) is 2.29. The maximum Gasteiger partial charge on any atom is 0.312 e. The lowest BCUT2D eigenvalue weighted by atomic mass is 9.72. The number of carbonyl (C=O) groups is 1. The van der Waals surface area contributed by atoms with E-state index in [9.17, 15) is 15.0 Å². The molecule has 18 heavy (non-hydrogen) atoms. The Balaban J connectivity index is 3.08. The highest BCUT2D eigenvalue weighted by atomic mass is 16.4. The van der Waals surface area contributed by atoms with Gasteiger partial charge in [0.2, 0.25) is 0 Å². The molecule has 1 atom stereocenters. The third-order valence-corrected chi connectivity index (χ3v) is 3.81. The minimum atomic E-state index is -1.40. The number of hydrogen-bond acceptors (Lipinski definition) is 2. The van der Waals surface area contributed by atoms with E-state index in [0.717, 1.165) is 12.8 Å². The molecule has 100 valence electrons. The molecule has 1 unspecified atom stereocenters. The first-order chi connectivity index (χ1) is 8.23. The van der Waals surface area contributed by atoms with Gasteiger partial charge in [0.05, 0.1) is 5.41 Å². The van der Waals surface area contributed by atoms with Gasteiger partial charge in [0, 0.05) is 0 Å². The summed E-state index contributed by atoms with van der Waals surface area (Å²) < 4.78 is 0. The predicted octanol–water partition coefficient (Wildman–Crippen LogP) is 2.96. The Hall–Kier alpha value is -1.35. The molecule has 0 saturated heterocycles. The number of carboxylic acids is 1. The third-order valence-electron chi connectivity index (χ3n) is 3.81. The van der Waals surface area contributed by atoms with Crippen LogP contribution >= 0.6 is 0 Å². The van der Waals surface area contributed by atoms with Crippen LogP contribution in [0.15, 0.2) is 24.3 Å². The topological polar surface area (TPSA) is 57.5 Å². The highest BCUT2D eigenvalue weighted by Crippen LogP contribution is 2.39. The number of aliphatic carboxylic acids is 1. The first-order valence-corrected chi connectivity index (χ1v) is 6.28. The molecule has 0 amide bonds. The molecule has 0 aliphatic rings. The van der Waals surface area contributed by atoms with E-state index in [0.29, 0.717) is 5.56 Å². The van der Waals surface area contributed by atoms with Gasteiger partial charge < -0.3 is 10.2 Å². The van der Waals surface area contributed by atoms with E-state index in [1.807, 2.05) is 24.3 Å². The summed E-state index contributed by atoms with van der Waals surface area (Å²) in [6.07, 6.45) is 2.06. The van der Waals surface area contributed by atoms with Gasteiger partial charge in [0.15, 0.2) is 0 Å². The third kappa shape index (κ3) is 2.56. The van der Waals surface area contributed by atoms with Crippen LogP contribution in [0.4, 0.5) is 0 Å². The molecule has 1 aromatic rings. The zero-order valence-corrected chi connectivity index (χ0v) is 11.5. The Morgan fingerprint density at radius 1 is 1.17 bits per heavy atom. The predicted molar refractivity (Wildman–Crippen MR) is 71.4 cm³/mol. The Labute approximate surface area is 108 Å². The lowest BCUT2D eigenvalue weighted by molar-refractivity contribution is -0.164. The van der Waals surface area contributed by atoms with Crippen molar-refractivity contribution in [3.05, 3.63) is 35.4 Å². The standard InChI is InChI=1S/C15H22O3/c1-5-6-11-7-9-12(10-8-11)15(4,18)14(2,3)13(16)17/h7-10,18H,5-6H2,1-4H3,(H,16,17). The van der Waals surface area contributed by atoms with Crippen molar-refractivity contribution >= 4 is 5.97 Å². The van der Waals surface area contributed by atoms with Gasteiger partial charge in [-0.25, -0.2) is 0 Å².